The second-order valence-electron chi connectivity index (χ2n) is 5.85. The third kappa shape index (κ3) is 2.76. The summed E-state index contributed by atoms with van der Waals surface area (Å²) in [6.45, 7) is 6.82. The highest BCUT2D eigenvalue weighted by Gasteiger charge is 2.32. The lowest BCUT2D eigenvalue weighted by atomic mass is 9.92. The van der Waals surface area contributed by atoms with E-state index in [1.807, 2.05) is 0 Å². The molecule has 2 heteroatoms. The molecule has 0 spiro atoms. The first-order valence-electron chi connectivity index (χ1n) is 7.08. The fourth-order valence-electron chi connectivity index (χ4n) is 3.11. The van der Waals surface area contributed by atoms with Gasteiger partial charge < -0.3 is 5.32 Å². The number of rotatable bonds is 4. The molecule has 18 heavy (non-hydrogen) atoms. The van der Waals surface area contributed by atoms with Gasteiger partial charge in [0.25, 0.3) is 0 Å². The molecule has 2 atom stereocenters. The summed E-state index contributed by atoms with van der Waals surface area (Å²) in [7, 11) is 4.30. The Hall–Kier alpha value is -0.860. The van der Waals surface area contributed by atoms with Crippen molar-refractivity contribution < 1.29 is 0 Å². The van der Waals surface area contributed by atoms with E-state index in [4.69, 9.17) is 0 Å². The molecule has 1 aromatic rings. The minimum absolute atomic E-state index is 0.582. The van der Waals surface area contributed by atoms with Crippen LogP contribution in [0.2, 0.25) is 0 Å². The molecule has 1 saturated heterocycles. The van der Waals surface area contributed by atoms with Crippen LogP contribution in [0.15, 0.2) is 24.3 Å². The Bertz CT molecular complexity index is 367. The number of likely N-dealkylation sites (tertiary alicyclic amines) is 1. The zero-order valence-electron chi connectivity index (χ0n) is 12.1. The molecule has 2 unspecified atom stereocenters. The molecule has 2 rings (SSSR count). The Morgan fingerprint density at radius 3 is 2.50 bits per heavy atom. The Kier molecular flexibility index (Phi) is 4.41. The van der Waals surface area contributed by atoms with Gasteiger partial charge >= 0.3 is 0 Å². The highest BCUT2D eigenvalue weighted by atomic mass is 15.2. The molecular weight excluding hydrogens is 220 g/mol. The van der Waals surface area contributed by atoms with Crippen molar-refractivity contribution >= 4 is 0 Å². The minimum atomic E-state index is 0.582. The zero-order valence-corrected chi connectivity index (χ0v) is 12.1. The lowest BCUT2D eigenvalue weighted by Gasteiger charge is -2.26. The van der Waals surface area contributed by atoms with Gasteiger partial charge in [0.05, 0.1) is 0 Å². The summed E-state index contributed by atoms with van der Waals surface area (Å²) in [5.74, 6) is 1.36. The van der Waals surface area contributed by atoms with Crippen LogP contribution < -0.4 is 5.32 Å². The Morgan fingerprint density at radius 1 is 1.28 bits per heavy atom. The predicted octanol–water partition coefficient (Wildman–Crippen LogP) is 3.02. The van der Waals surface area contributed by atoms with Gasteiger partial charge in [-0.1, -0.05) is 38.1 Å². The van der Waals surface area contributed by atoms with Crippen LogP contribution in [0.25, 0.3) is 0 Å². The van der Waals surface area contributed by atoms with Crippen LogP contribution in [0.1, 0.15) is 43.4 Å². The van der Waals surface area contributed by atoms with Crippen molar-refractivity contribution in [1.29, 1.82) is 0 Å². The average molecular weight is 246 g/mol. The summed E-state index contributed by atoms with van der Waals surface area (Å²) >= 11 is 0. The fourth-order valence-corrected chi connectivity index (χ4v) is 3.11. The molecule has 1 aliphatic rings. The lowest BCUT2D eigenvalue weighted by molar-refractivity contribution is 0.274. The van der Waals surface area contributed by atoms with Gasteiger partial charge in [0.2, 0.25) is 0 Å². The molecule has 2 nitrogen and oxygen atoms in total. The SMILES string of the molecule is CNCC1CCN(C)C1c1ccc(C(C)C)cc1. The third-order valence-corrected chi connectivity index (χ3v) is 4.18. The maximum Gasteiger partial charge on any atom is 0.0385 e. The van der Waals surface area contributed by atoms with Gasteiger partial charge in [-0.05, 0) is 56.6 Å². The van der Waals surface area contributed by atoms with Crippen LogP contribution in [0, 0.1) is 5.92 Å². The lowest BCUT2D eigenvalue weighted by Crippen LogP contribution is -2.26. The quantitative estimate of drug-likeness (QED) is 0.878. The molecule has 0 aliphatic carbocycles. The van der Waals surface area contributed by atoms with E-state index in [0.717, 1.165) is 12.5 Å². The highest BCUT2D eigenvalue weighted by molar-refractivity contribution is 5.28. The molecule has 0 bridgehead atoms. The van der Waals surface area contributed by atoms with E-state index < -0.39 is 0 Å². The standard InChI is InChI=1S/C16H26N2/c1-12(2)13-5-7-14(8-6-13)16-15(11-17-3)9-10-18(16)4/h5-8,12,15-17H,9-11H2,1-4H3. The van der Waals surface area contributed by atoms with E-state index >= 15 is 0 Å². The van der Waals surface area contributed by atoms with E-state index in [2.05, 4.69) is 62.4 Å². The number of nitrogens with zero attached hydrogens (tertiary/aromatic N) is 1. The van der Waals surface area contributed by atoms with Gasteiger partial charge in [-0.3, -0.25) is 4.90 Å². The molecule has 1 aliphatic heterocycles. The van der Waals surface area contributed by atoms with Gasteiger partial charge in [-0.25, -0.2) is 0 Å². The predicted molar refractivity (Wildman–Crippen MR) is 77.9 cm³/mol. The Labute approximate surface area is 111 Å². The van der Waals surface area contributed by atoms with Crippen molar-refractivity contribution in [3.8, 4) is 0 Å². The first kappa shape index (κ1) is 13.6. The van der Waals surface area contributed by atoms with Crippen molar-refractivity contribution in [3.05, 3.63) is 35.4 Å². The normalized spacial score (nSPS) is 24.9. The number of hydrogen-bond donors (Lipinski definition) is 1. The molecule has 1 N–H and O–H groups in total. The van der Waals surface area contributed by atoms with Crippen molar-refractivity contribution in [3.63, 3.8) is 0 Å². The summed E-state index contributed by atoms with van der Waals surface area (Å²) in [6.07, 6.45) is 1.30. The van der Waals surface area contributed by atoms with Crippen molar-refractivity contribution in [2.24, 2.45) is 5.92 Å². The van der Waals surface area contributed by atoms with E-state index in [1.165, 1.54) is 24.1 Å². The van der Waals surface area contributed by atoms with Crippen molar-refractivity contribution in [1.82, 2.24) is 10.2 Å². The first-order valence-corrected chi connectivity index (χ1v) is 7.08. The van der Waals surface area contributed by atoms with Crippen LogP contribution in [0.4, 0.5) is 0 Å². The Morgan fingerprint density at radius 2 is 1.94 bits per heavy atom. The fraction of sp³-hybridized carbons (Fsp3) is 0.625. The van der Waals surface area contributed by atoms with Crippen LogP contribution in [-0.2, 0) is 0 Å². The molecule has 0 aromatic heterocycles. The smallest absolute Gasteiger partial charge is 0.0385 e. The van der Waals surface area contributed by atoms with Crippen LogP contribution in [-0.4, -0.2) is 32.1 Å². The van der Waals surface area contributed by atoms with Gasteiger partial charge in [0.1, 0.15) is 0 Å². The van der Waals surface area contributed by atoms with Gasteiger partial charge in [-0.15, -0.1) is 0 Å². The monoisotopic (exact) mass is 246 g/mol. The first-order chi connectivity index (χ1) is 8.63. The third-order valence-electron chi connectivity index (χ3n) is 4.18. The average Bonchev–Trinajstić information content (AvgIpc) is 2.71. The van der Waals surface area contributed by atoms with Crippen LogP contribution >= 0.6 is 0 Å². The minimum Gasteiger partial charge on any atom is -0.319 e. The highest BCUT2D eigenvalue weighted by Crippen LogP contribution is 2.36. The zero-order chi connectivity index (χ0) is 13.1. The van der Waals surface area contributed by atoms with E-state index in [1.54, 1.807) is 0 Å². The van der Waals surface area contributed by atoms with Crippen molar-refractivity contribution in [2.45, 2.75) is 32.2 Å². The maximum absolute atomic E-state index is 3.33. The second kappa shape index (κ2) is 5.85. The number of nitrogens with one attached hydrogen (secondary N) is 1. The molecule has 1 fully saturated rings. The van der Waals surface area contributed by atoms with Crippen LogP contribution in [0.5, 0.6) is 0 Å². The van der Waals surface area contributed by atoms with Gasteiger partial charge in [0, 0.05) is 6.04 Å². The molecule has 100 valence electrons. The van der Waals surface area contributed by atoms with Gasteiger partial charge in [0.15, 0.2) is 0 Å². The van der Waals surface area contributed by atoms with E-state index in [0.29, 0.717) is 12.0 Å². The second-order valence-corrected chi connectivity index (χ2v) is 5.85. The molecule has 0 saturated carbocycles. The number of benzene rings is 1. The maximum atomic E-state index is 3.33. The summed E-state index contributed by atoms with van der Waals surface area (Å²) in [5.41, 5.74) is 2.91. The molecular formula is C16H26N2. The van der Waals surface area contributed by atoms with E-state index in [-0.39, 0.29) is 0 Å². The number of hydrogen-bond acceptors (Lipinski definition) is 2. The molecule has 0 radical (unpaired) electrons. The van der Waals surface area contributed by atoms with Gasteiger partial charge in [-0.2, -0.15) is 0 Å². The topological polar surface area (TPSA) is 15.3 Å². The summed E-state index contributed by atoms with van der Waals surface area (Å²) in [6, 6.07) is 9.82. The molecule has 1 aromatic carbocycles. The van der Waals surface area contributed by atoms with E-state index in [9.17, 15) is 0 Å². The molecule has 1 heterocycles. The van der Waals surface area contributed by atoms with Crippen molar-refractivity contribution in [2.75, 3.05) is 27.2 Å². The Balaban J connectivity index is 2.18. The largest absolute Gasteiger partial charge is 0.319 e. The van der Waals surface area contributed by atoms with Crippen LogP contribution in [0.3, 0.4) is 0 Å². The summed E-state index contributed by atoms with van der Waals surface area (Å²) in [5, 5.41) is 3.33. The summed E-state index contributed by atoms with van der Waals surface area (Å²) < 4.78 is 0. The summed E-state index contributed by atoms with van der Waals surface area (Å²) in [4.78, 5) is 2.49. The molecule has 0 amide bonds.